The van der Waals surface area contributed by atoms with E-state index in [1.165, 1.54) is 0 Å². The largest absolute Gasteiger partial charge is 0.296 e. The van der Waals surface area contributed by atoms with Gasteiger partial charge in [-0.3, -0.25) is 9.48 Å². The molecule has 1 aromatic rings. The molecule has 1 rings (SSSR count). The summed E-state index contributed by atoms with van der Waals surface area (Å²) in [6.07, 6.45) is 2.76. The van der Waals surface area contributed by atoms with E-state index in [2.05, 4.69) is 12.0 Å². The van der Waals surface area contributed by atoms with Crippen LogP contribution in [0.5, 0.6) is 0 Å². The molecular weight excluding hydrogens is 152 g/mol. The maximum atomic E-state index is 10.6. The van der Waals surface area contributed by atoms with E-state index in [0.29, 0.717) is 5.69 Å². The first-order valence-electron chi connectivity index (χ1n) is 4.33. The molecule has 12 heavy (non-hydrogen) atoms. The summed E-state index contributed by atoms with van der Waals surface area (Å²) in [7, 11) is 0. The predicted molar refractivity (Wildman–Crippen MR) is 47.3 cm³/mol. The van der Waals surface area contributed by atoms with E-state index in [1.54, 1.807) is 4.68 Å². The van der Waals surface area contributed by atoms with Gasteiger partial charge >= 0.3 is 0 Å². The summed E-state index contributed by atoms with van der Waals surface area (Å²) in [6.45, 7) is 4.93. The van der Waals surface area contributed by atoms with E-state index < -0.39 is 0 Å². The highest BCUT2D eigenvalue weighted by Gasteiger charge is 2.03. The summed E-state index contributed by atoms with van der Waals surface area (Å²) < 4.78 is 1.77. The zero-order chi connectivity index (χ0) is 8.97. The van der Waals surface area contributed by atoms with Crippen LogP contribution in [0.1, 0.15) is 36.5 Å². The summed E-state index contributed by atoms with van der Waals surface area (Å²) >= 11 is 0. The molecule has 3 heteroatoms. The number of carbonyl (C=O) groups is 1. The molecule has 0 aliphatic carbocycles. The van der Waals surface area contributed by atoms with E-state index in [1.807, 2.05) is 13.0 Å². The zero-order valence-electron chi connectivity index (χ0n) is 7.58. The monoisotopic (exact) mass is 166 g/mol. The van der Waals surface area contributed by atoms with Crippen LogP contribution in [0.3, 0.4) is 0 Å². The smallest absolute Gasteiger partial charge is 0.168 e. The molecule has 66 valence electrons. The quantitative estimate of drug-likeness (QED) is 0.638. The molecule has 0 saturated carbocycles. The number of nitrogens with zero attached hydrogens (tertiary/aromatic N) is 2. The highest BCUT2D eigenvalue weighted by molar-refractivity contribution is 5.72. The van der Waals surface area contributed by atoms with Crippen LogP contribution in [-0.2, 0) is 13.0 Å². The Morgan fingerprint density at radius 1 is 1.58 bits per heavy atom. The minimum atomic E-state index is 0.689. The molecule has 0 spiro atoms. The van der Waals surface area contributed by atoms with Crippen molar-refractivity contribution in [2.45, 2.75) is 33.2 Å². The Bertz CT molecular complexity index is 265. The Balaban J connectivity index is 2.91. The van der Waals surface area contributed by atoms with Gasteiger partial charge in [-0.15, -0.1) is 0 Å². The van der Waals surface area contributed by atoms with Gasteiger partial charge in [0.2, 0.25) is 0 Å². The molecule has 1 aromatic heterocycles. The summed E-state index contributed by atoms with van der Waals surface area (Å²) in [5, 5.41) is 4.27. The van der Waals surface area contributed by atoms with Crippen molar-refractivity contribution in [3.8, 4) is 0 Å². The third kappa shape index (κ3) is 1.72. The van der Waals surface area contributed by atoms with Crippen molar-refractivity contribution in [3.05, 3.63) is 17.5 Å². The van der Waals surface area contributed by atoms with Gasteiger partial charge in [-0.2, -0.15) is 5.10 Å². The molecule has 0 fully saturated rings. The maximum absolute atomic E-state index is 10.6. The Morgan fingerprint density at radius 2 is 2.33 bits per heavy atom. The molecular formula is C9H14N2O. The molecule has 0 aliphatic rings. The van der Waals surface area contributed by atoms with Gasteiger partial charge < -0.3 is 0 Å². The van der Waals surface area contributed by atoms with Gasteiger partial charge in [-0.25, -0.2) is 0 Å². The fourth-order valence-electron chi connectivity index (χ4n) is 1.15. The van der Waals surface area contributed by atoms with Gasteiger partial charge in [-0.05, 0) is 18.9 Å². The maximum Gasteiger partial charge on any atom is 0.168 e. The van der Waals surface area contributed by atoms with Crippen LogP contribution in [0, 0.1) is 0 Å². The number of hydrogen-bond acceptors (Lipinski definition) is 2. The molecule has 0 bridgehead atoms. The van der Waals surface area contributed by atoms with Crippen LogP contribution in [0.25, 0.3) is 0 Å². The summed E-state index contributed by atoms with van der Waals surface area (Å²) in [5.41, 5.74) is 1.68. The number of aryl methyl sites for hydroxylation is 2. The first-order chi connectivity index (χ1) is 5.81. The van der Waals surface area contributed by atoms with E-state index >= 15 is 0 Å². The second-order valence-electron chi connectivity index (χ2n) is 2.76. The minimum Gasteiger partial charge on any atom is -0.296 e. The number of aromatic nitrogens is 2. The van der Waals surface area contributed by atoms with Crippen LogP contribution in [0.4, 0.5) is 0 Å². The van der Waals surface area contributed by atoms with Gasteiger partial charge in [-0.1, -0.05) is 13.8 Å². The van der Waals surface area contributed by atoms with Gasteiger partial charge in [0.05, 0.1) is 5.69 Å². The van der Waals surface area contributed by atoms with E-state index in [9.17, 15) is 4.79 Å². The highest BCUT2D eigenvalue weighted by Crippen LogP contribution is 2.03. The van der Waals surface area contributed by atoms with E-state index in [4.69, 9.17) is 0 Å². The lowest BCUT2D eigenvalue weighted by Gasteiger charge is -1.98. The van der Waals surface area contributed by atoms with Crippen molar-refractivity contribution < 1.29 is 4.79 Å². The first-order valence-corrected chi connectivity index (χ1v) is 4.33. The van der Waals surface area contributed by atoms with E-state index in [-0.39, 0.29) is 0 Å². The Labute approximate surface area is 72.4 Å². The average Bonchev–Trinajstić information content (AvgIpc) is 2.48. The Kier molecular flexibility index (Phi) is 3.02. The van der Waals surface area contributed by atoms with Crippen molar-refractivity contribution in [1.29, 1.82) is 0 Å². The fraction of sp³-hybridized carbons (Fsp3) is 0.556. The van der Waals surface area contributed by atoms with Crippen LogP contribution >= 0.6 is 0 Å². The third-order valence-electron chi connectivity index (χ3n) is 1.78. The SMILES string of the molecule is CCCn1nc(CC)cc1C=O. The van der Waals surface area contributed by atoms with Gasteiger partial charge in [0.25, 0.3) is 0 Å². The average molecular weight is 166 g/mol. The van der Waals surface area contributed by atoms with Gasteiger partial charge in [0, 0.05) is 6.54 Å². The number of rotatable bonds is 4. The van der Waals surface area contributed by atoms with Gasteiger partial charge in [0.15, 0.2) is 6.29 Å². The fourth-order valence-corrected chi connectivity index (χ4v) is 1.15. The molecule has 0 atom stereocenters. The molecule has 3 nitrogen and oxygen atoms in total. The minimum absolute atomic E-state index is 0.689. The first kappa shape index (κ1) is 8.97. The molecule has 0 aliphatic heterocycles. The Morgan fingerprint density at radius 3 is 2.83 bits per heavy atom. The number of carbonyl (C=O) groups excluding carboxylic acids is 1. The van der Waals surface area contributed by atoms with Crippen LogP contribution in [0.2, 0.25) is 0 Å². The van der Waals surface area contributed by atoms with Crippen molar-refractivity contribution in [2.75, 3.05) is 0 Å². The normalized spacial score (nSPS) is 10.2. The van der Waals surface area contributed by atoms with Crippen LogP contribution < -0.4 is 0 Å². The predicted octanol–water partition coefficient (Wildman–Crippen LogP) is 1.67. The molecule has 0 aromatic carbocycles. The van der Waals surface area contributed by atoms with E-state index in [0.717, 1.165) is 31.4 Å². The second-order valence-corrected chi connectivity index (χ2v) is 2.76. The molecule has 0 N–H and O–H groups in total. The lowest BCUT2D eigenvalue weighted by molar-refractivity contribution is 0.111. The van der Waals surface area contributed by atoms with Crippen LogP contribution in [0.15, 0.2) is 6.07 Å². The topological polar surface area (TPSA) is 34.9 Å². The molecule has 0 amide bonds. The molecule has 0 radical (unpaired) electrons. The van der Waals surface area contributed by atoms with Crippen LogP contribution in [-0.4, -0.2) is 16.1 Å². The summed E-state index contributed by atoms with van der Waals surface area (Å²) in [4.78, 5) is 10.6. The highest BCUT2D eigenvalue weighted by atomic mass is 16.1. The zero-order valence-corrected chi connectivity index (χ0v) is 7.58. The summed E-state index contributed by atoms with van der Waals surface area (Å²) in [5.74, 6) is 0. The Hall–Kier alpha value is -1.12. The number of aldehydes is 1. The lowest BCUT2D eigenvalue weighted by atomic mass is 10.3. The summed E-state index contributed by atoms with van der Waals surface area (Å²) in [6, 6.07) is 1.85. The van der Waals surface area contributed by atoms with Gasteiger partial charge in [0.1, 0.15) is 5.69 Å². The second kappa shape index (κ2) is 4.04. The standard InChI is InChI=1S/C9H14N2O/c1-3-5-11-9(7-12)6-8(4-2)10-11/h6-7H,3-5H2,1-2H3. The molecule has 0 saturated heterocycles. The number of hydrogen-bond donors (Lipinski definition) is 0. The lowest BCUT2D eigenvalue weighted by Crippen LogP contribution is -2.03. The van der Waals surface area contributed by atoms with Crippen molar-refractivity contribution >= 4 is 6.29 Å². The third-order valence-corrected chi connectivity index (χ3v) is 1.78. The molecule has 0 unspecified atom stereocenters. The van der Waals surface area contributed by atoms with Crippen molar-refractivity contribution in [1.82, 2.24) is 9.78 Å². The van der Waals surface area contributed by atoms with Crippen molar-refractivity contribution in [3.63, 3.8) is 0 Å². The molecule has 1 heterocycles. The van der Waals surface area contributed by atoms with Crippen molar-refractivity contribution in [2.24, 2.45) is 0 Å².